The van der Waals surface area contributed by atoms with Crippen LogP contribution in [0.25, 0.3) is 0 Å². The third kappa shape index (κ3) is 1.82. The number of nitrogens with zero attached hydrogens (tertiary/aromatic N) is 1. The molecule has 1 saturated heterocycles. The molecule has 2 unspecified atom stereocenters. The van der Waals surface area contributed by atoms with Crippen LogP contribution in [0, 0.1) is 11.3 Å². The molecule has 0 radical (unpaired) electrons. The van der Waals surface area contributed by atoms with Crippen LogP contribution < -0.4 is 5.73 Å². The number of hydrogen-bond donors (Lipinski definition) is 2. The predicted octanol–water partition coefficient (Wildman–Crippen LogP) is 0.437. The minimum atomic E-state index is -0.803. The van der Waals surface area contributed by atoms with Crippen LogP contribution in [0.5, 0.6) is 0 Å². The minimum Gasteiger partial charge on any atom is -0.481 e. The lowest BCUT2D eigenvalue weighted by Crippen LogP contribution is -2.53. The van der Waals surface area contributed by atoms with E-state index in [0.29, 0.717) is 19.5 Å². The number of likely N-dealkylation sites (tertiary alicyclic amines) is 1. The second kappa shape index (κ2) is 4.29. The molecule has 0 aromatic rings. The van der Waals surface area contributed by atoms with Crippen molar-refractivity contribution < 1.29 is 14.7 Å². The van der Waals surface area contributed by atoms with E-state index in [1.54, 1.807) is 4.90 Å². The predicted molar refractivity (Wildman–Crippen MR) is 62.3 cm³/mol. The van der Waals surface area contributed by atoms with E-state index in [9.17, 15) is 9.59 Å². The van der Waals surface area contributed by atoms with Crippen molar-refractivity contribution in [3.8, 4) is 0 Å². The maximum atomic E-state index is 12.4. The van der Waals surface area contributed by atoms with Crippen molar-refractivity contribution in [1.29, 1.82) is 0 Å². The Hall–Kier alpha value is -1.10. The summed E-state index contributed by atoms with van der Waals surface area (Å²) in [6, 6.07) is -0.205. The van der Waals surface area contributed by atoms with Gasteiger partial charge >= 0.3 is 5.97 Å². The first-order chi connectivity index (χ1) is 8.02. The molecule has 2 atom stereocenters. The second-order valence-electron chi connectivity index (χ2n) is 5.31. The Morgan fingerprint density at radius 2 is 2.12 bits per heavy atom. The van der Waals surface area contributed by atoms with Crippen LogP contribution in [0.4, 0.5) is 0 Å². The summed E-state index contributed by atoms with van der Waals surface area (Å²) in [6.45, 7) is 2.76. The van der Waals surface area contributed by atoms with E-state index in [0.717, 1.165) is 19.3 Å². The lowest BCUT2D eigenvalue weighted by atomic mass is 9.67. The number of carboxylic acid groups (broad SMARTS) is 1. The summed E-state index contributed by atoms with van der Waals surface area (Å²) in [5, 5.41) is 9.05. The number of carbonyl (C=O) groups excluding carboxylic acids is 1. The summed E-state index contributed by atoms with van der Waals surface area (Å²) < 4.78 is 0. The average molecular weight is 240 g/mol. The third-order valence-corrected chi connectivity index (χ3v) is 4.49. The summed E-state index contributed by atoms with van der Waals surface area (Å²) in [5.74, 6) is -1.15. The first-order valence-electron chi connectivity index (χ1n) is 6.26. The van der Waals surface area contributed by atoms with Gasteiger partial charge in [-0.25, -0.2) is 0 Å². The van der Waals surface area contributed by atoms with Gasteiger partial charge in [0.05, 0.1) is 11.3 Å². The molecule has 0 aromatic carbocycles. The van der Waals surface area contributed by atoms with Crippen LogP contribution in [0.2, 0.25) is 0 Å². The van der Waals surface area contributed by atoms with Crippen LogP contribution in [-0.2, 0) is 9.59 Å². The molecule has 96 valence electrons. The average Bonchev–Trinajstić information content (AvgIpc) is 2.59. The van der Waals surface area contributed by atoms with Gasteiger partial charge in [-0.3, -0.25) is 9.59 Å². The largest absolute Gasteiger partial charge is 0.481 e. The first-order valence-corrected chi connectivity index (χ1v) is 6.26. The molecule has 5 heteroatoms. The van der Waals surface area contributed by atoms with E-state index >= 15 is 0 Å². The first kappa shape index (κ1) is 12.4. The van der Waals surface area contributed by atoms with Gasteiger partial charge in [-0.15, -0.1) is 0 Å². The second-order valence-corrected chi connectivity index (χ2v) is 5.31. The van der Waals surface area contributed by atoms with Gasteiger partial charge in [0.25, 0.3) is 0 Å². The zero-order valence-electron chi connectivity index (χ0n) is 10.2. The van der Waals surface area contributed by atoms with Crippen molar-refractivity contribution in [3.63, 3.8) is 0 Å². The van der Waals surface area contributed by atoms with Crippen LogP contribution >= 0.6 is 0 Å². The number of amides is 1. The Morgan fingerprint density at radius 1 is 1.47 bits per heavy atom. The fraction of sp³-hybridized carbons (Fsp3) is 0.833. The Labute approximate surface area is 101 Å². The molecule has 1 saturated carbocycles. The van der Waals surface area contributed by atoms with Gasteiger partial charge in [-0.2, -0.15) is 0 Å². The fourth-order valence-electron chi connectivity index (χ4n) is 2.97. The fourth-order valence-corrected chi connectivity index (χ4v) is 2.97. The number of carboxylic acids is 1. The molecule has 1 heterocycles. The number of aliphatic carboxylic acids is 1. The van der Waals surface area contributed by atoms with Gasteiger partial charge in [0.2, 0.25) is 5.91 Å². The Balaban J connectivity index is 2.09. The van der Waals surface area contributed by atoms with Gasteiger partial charge in [0, 0.05) is 19.1 Å². The summed E-state index contributed by atoms with van der Waals surface area (Å²) in [4.78, 5) is 25.2. The molecular weight excluding hydrogens is 220 g/mol. The molecule has 2 aliphatic rings. The van der Waals surface area contributed by atoms with Gasteiger partial charge in [-0.05, 0) is 26.2 Å². The molecule has 0 bridgehead atoms. The zero-order valence-corrected chi connectivity index (χ0v) is 10.2. The lowest BCUT2D eigenvalue weighted by molar-refractivity contribution is -0.149. The number of nitrogens with two attached hydrogens (primary N) is 1. The van der Waals surface area contributed by atoms with Crippen molar-refractivity contribution in [3.05, 3.63) is 0 Å². The molecule has 1 aliphatic carbocycles. The minimum absolute atomic E-state index is 0.0718. The van der Waals surface area contributed by atoms with Crippen molar-refractivity contribution in [2.75, 3.05) is 13.1 Å². The molecule has 17 heavy (non-hydrogen) atoms. The van der Waals surface area contributed by atoms with E-state index in [1.165, 1.54) is 0 Å². The van der Waals surface area contributed by atoms with E-state index in [2.05, 4.69) is 0 Å². The van der Waals surface area contributed by atoms with E-state index in [4.69, 9.17) is 10.8 Å². The summed E-state index contributed by atoms with van der Waals surface area (Å²) in [6.07, 6.45) is 3.31. The summed E-state index contributed by atoms with van der Waals surface area (Å²) in [5.41, 5.74) is 5.33. The highest BCUT2D eigenvalue weighted by Gasteiger charge is 2.49. The monoisotopic (exact) mass is 240 g/mol. The van der Waals surface area contributed by atoms with E-state index in [-0.39, 0.29) is 17.4 Å². The molecule has 2 rings (SSSR count). The maximum absolute atomic E-state index is 12.4. The Morgan fingerprint density at radius 3 is 2.47 bits per heavy atom. The van der Waals surface area contributed by atoms with Gasteiger partial charge in [-0.1, -0.05) is 6.42 Å². The van der Waals surface area contributed by atoms with Crippen molar-refractivity contribution in [2.45, 2.75) is 38.6 Å². The molecule has 5 nitrogen and oxygen atoms in total. The Bertz CT molecular complexity index is 333. The zero-order chi connectivity index (χ0) is 12.6. The highest BCUT2D eigenvalue weighted by atomic mass is 16.4. The van der Waals surface area contributed by atoms with Gasteiger partial charge < -0.3 is 15.7 Å². The SMILES string of the molecule is CC1C(C(=O)O)CCN1C(=O)C1(CN)CCC1. The smallest absolute Gasteiger partial charge is 0.308 e. The normalized spacial score (nSPS) is 31.1. The highest BCUT2D eigenvalue weighted by molar-refractivity contribution is 5.85. The maximum Gasteiger partial charge on any atom is 0.308 e. The van der Waals surface area contributed by atoms with Crippen LogP contribution in [-0.4, -0.2) is 41.0 Å². The Kier molecular flexibility index (Phi) is 3.12. The molecule has 0 aromatic heterocycles. The number of rotatable bonds is 3. The molecule has 0 spiro atoms. The van der Waals surface area contributed by atoms with E-state index in [1.807, 2.05) is 6.92 Å². The molecular formula is C12H20N2O3. The summed E-state index contributed by atoms with van der Waals surface area (Å²) in [7, 11) is 0. The lowest BCUT2D eigenvalue weighted by Gasteiger charge is -2.43. The summed E-state index contributed by atoms with van der Waals surface area (Å²) >= 11 is 0. The number of hydrogen-bond acceptors (Lipinski definition) is 3. The molecule has 2 fully saturated rings. The van der Waals surface area contributed by atoms with Crippen LogP contribution in [0.15, 0.2) is 0 Å². The topological polar surface area (TPSA) is 83.6 Å². The van der Waals surface area contributed by atoms with Crippen LogP contribution in [0.3, 0.4) is 0 Å². The molecule has 3 N–H and O–H groups in total. The quantitative estimate of drug-likeness (QED) is 0.749. The van der Waals surface area contributed by atoms with Crippen molar-refractivity contribution >= 4 is 11.9 Å². The third-order valence-electron chi connectivity index (χ3n) is 4.49. The van der Waals surface area contributed by atoms with Crippen molar-refractivity contribution in [2.24, 2.45) is 17.1 Å². The van der Waals surface area contributed by atoms with Crippen LogP contribution in [0.1, 0.15) is 32.6 Å². The highest BCUT2D eigenvalue weighted by Crippen LogP contribution is 2.43. The standard InChI is InChI=1S/C12H20N2O3/c1-8-9(10(15)16)3-6-14(8)11(17)12(7-13)4-2-5-12/h8-9H,2-7,13H2,1H3,(H,15,16). The number of carbonyl (C=O) groups is 2. The van der Waals surface area contributed by atoms with Crippen molar-refractivity contribution in [1.82, 2.24) is 4.90 Å². The molecule has 1 amide bonds. The van der Waals surface area contributed by atoms with E-state index < -0.39 is 11.9 Å². The van der Waals surface area contributed by atoms with Gasteiger partial charge in [0.1, 0.15) is 0 Å². The van der Waals surface area contributed by atoms with Gasteiger partial charge in [0.15, 0.2) is 0 Å². The molecule has 1 aliphatic heterocycles.